The maximum absolute atomic E-state index is 5.16. The molecular formula is C16H29N3O. The van der Waals surface area contributed by atoms with Crippen molar-refractivity contribution in [3.05, 3.63) is 24.2 Å². The average molecular weight is 279 g/mol. The molecule has 2 heterocycles. The molecule has 0 saturated carbocycles. The maximum atomic E-state index is 5.16. The molecule has 0 radical (unpaired) electrons. The van der Waals surface area contributed by atoms with Gasteiger partial charge < -0.3 is 14.6 Å². The van der Waals surface area contributed by atoms with Crippen molar-refractivity contribution in [2.75, 3.05) is 39.8 Å². The first-order chi connectivity index (χ1) is 9.58. The third kappa shape index (κ3) is 4.08. The highest BCUT2D eigenvalue weighted by molar-refractivity contribution is 5.10. The molecule has 1 fully saturated rings. The zero-order chi connectivity index (χ0) is 14.5. The minimum absolute atomic E-state index is 0.350. The topological polar surface area (TPSA) is 31.6 Å². The Morgan fingerprint density at radius 3 is 2.45 bits per heavy atom. The van der Waals surface area contributed by atoms with Gasteiger partial charge in [0.25, 0.3) is 0 Å². The molecule has 4 heteroatoms. The summed E-state index contributed by atoms with van der Waals surface area (Å²) in [5.74, 6) is 0.669. The molecule has 0 aromatic carbocycles. The highest BCUT2D eigenvalue weighted by Gasteiger charge is 2.25. The summed E-state index contributed by atoms with van der Waals surface area (Å²) in [6, 6.07) is 3.00. The van der Waals surface area contributed by atoms with Crippen molar-refractivity contribution < 1.29 is 4.42 Å². The Morgan fingerprint density at radius 2 is 1.90 bits per heavy atom. The van der Waals surface area contributed by atoms with E-state index >= 15 is 0 Å². The van der Waals surface area contributed by atoms with Crippen molar-refractivity contribution in [2.24, 2.45) is 5.92 Å². The van der Waals surface area contributed by atoms with Crippen LogP contribution < -0.4 is 5.32 Å². The Morgan fingerprint density at radius 1 is 1.20 bits per heavy atom. The number of likely N-dealkylation sites (N-methyl/N-ethyl adjacent to an activating group) is 1. The lowest BCUT2D eigenvalue weighted by Crippen LogP contribution is -2.53. The summed E-state index contributed by atoms with van der Waals surface area (Å²) in [6.07, 6.45) is 3.58. The number of nitrogens with zero attached hydrogens (tertiary/aromatic N) is 2. The number of nitrogens with one attached hydrogen (secondary N) is 1. The highest BCUT2D eigenvalue weighted by Crippen LogP contribution is 2.16. The van der Waals surface area contributed by atoms with Gasteiger partial charge in [0.2, 0.25) is 0 Å². The molecule has 1 aromatic heterocycles. The van der Waals surface area contributed by atoms with Gasteiger partial charge in [-0.3, -0.25) is 4.90 Å². The minimum Gasteiger partial charge on any atom is -0.472 e. The van der Waals surface area contributed by atoms with Gasteiger partial charge in [-0.05, 0) is 26.0 Å². The first-order valence-corrected chi connectivity index (χ1v) is 7.76. The van der Waals surface area contributed by atoms with E-state index in [0.717, 1.165) is 6.54 Å². The molecule has 4 nitrogen and oxygen atoms in total. The maximum Gasteiger partial charge on any atom is 0.0950 e. The molecule has 0 amide bonds. The van der Waals surface area contributed by atoms with Gasteiger partial charge >= 0.3 is 0 Å². The van der Waals surface area contributed by atoms with E-state index in [9.17, 15) is 0 Å². The van der Waals surface area contributed by atoms with Crippen molar-refractivity contribution >= 4 is 0 Å². The van der Waals surface area contributed by atoms with Crippen LogP contribution in [0.1, 0.15) is 32.4 Å². The van der Waals surface area contributed by atoms with Gasteiger partial charge in [-0.15, -0.1) is 0 Å². The lowest BCUT2D eigenvalue weighted by atomic mass is 10.0. The molecule has 2 atom stereocenters. The number of hydrogen-bond acceptors (Lipinski definition) is 4. The predicted octanol–water partition coefficient (Wildman–Crippen LogP) is 2.20. The van der Waals surface area contributed by atoms with Crippen LogP contribution in [0.15, 0.2) is 23.0 Å². The van der Waals surface area contributed by atoms with Gasteiger partial charge in [0.05, 0.1) is 12.5 Å². The zero-order valence-corrected chi connectivity index (χ0v) is 13.3. The van der Waals surface area contributed by atoms with Crippen molar-refractivity contribution in [1.29, 1.82) is 0 Å². The molecule has 0 aliphatic carbocycles. The molecule has 2 rings (SSSR count). The summed E-state index contributed by atoms with van der Waals surface area (Å²) in [5.41, 5.74) is 1.23. The van der Waals surface area contributed by atoms with Gasteiger partial charge in [-0.2, -0.15) is 0 Å². The van der Waals surface area contributed by atoms with Crippen LogP contribution in [-0.2, 0) is 0 Å². The number of hydrogen-bond donors (Lipinski definition) is 1. The first-order valence-electron chi connectivity index (χ1n) is 7.76. The Hall–Kier alpha value is -0.840. The lowest BCUT2D eigenvalue weighted by Gasteiger charge is -2.40. The average Bonchev–Trinajstić information content (AvgIpc) is 2.94. The fraction of sp³-hybridized carbons (Fsp3) is 0.750. The molecule has 20 heavy (non-hydrogen) atoms. The van der Waals surface area contributed by atoms with Crippen molar-refractivity contribution in [2.45, 2.75) is 32.9 Å². The van der Waals surface area contributed by atoms with Crippen LogP contribution in [0, 0.1) is 5.92 Å². The third-order valence-electron chi connectivity index (χ3n) is 4.45. The van der Waals surface area contributed by atoms with Crippen molar-refractivity contribution in [1.82, 2.24) is 15.1 Å². The van der Waals surface area contributed by atoms with E-state index in [4.69, 9.17) is 4.42 Å². The molecular weight excluding hydrogens is 250 g/mol. The normalized spacial score (nSPS) is 21.2. The van der Waals surface area contributed by atoms with Crippen LogP contribution in [0.5, 0.6) is 0 Å². The Balaban J connectivity index is 1.86. The molecule has 1 aliphatic rings. The lowest BCUT2D eigenvalue weighted by molar-refractivity contribution is 0.0863. The van der Waals surface area contributed by atoms with E-state index in [-0.39, 0.29) is 0 Å². The molecule has 1 saturated heterocycles. The van der Waals surface area contributed by atoms with Crippen molar-refractivity contribution in [3.63, 3.8) is 0 Å². The second kappa shape index (κ2) is 7.25. The fourth-order valence-corrected chi connectivity index (χ4v) is 2.88. The van der Waals surface area contributed by atoms with E-state index in [1.807, 2.05) is 12.3 Å². The quantitative estimate of drug-likeness (QED) is 0.865. The molecule has 1 N–H and O–H groups in total. The Bertz CT molecular complexity index is 369. The van der Waals surface area contributed by atoms with Gasteiger partial charge in [0.1, 0.15) is 0 Å². The molecule has 0 spiro atoms. The second-order valence-corrected chi connectivity index (χ2v) is 6.34. The SMILES string of the molecule is CC(NCC(C(C)C)N1CCN(C)CC1)c1ccoc1. The van der Waals surface area contributed by atoms with E-state index in [1.54, 1.807) is 6.26 Å². The molecule has 1 aliphatic heterocycles. The Labute approximate surface area is 123 Å². The molecule has 114 valence electrons. The van der Waals surface area contributed by atoms with Gasteiger partial charge in [0, 0.05) is 50.4 Å². The summed E-state index contributed by atoms with van der Waals surface area (Å²) in [4.78, 5) is 5.05. The van der Waals surface area contributed by atoms with Crippen molar-refractivity contribution in [3.8, 4) is 0 Å². The Kier molecular flexibility index (Phi) is 5.64. The standard InChI is InChI=1S/C16H29N3O/c1-13(2)16(19-8-6-18(4)7-9-19)11-17-14(3)15-5-10-20-12-15/h5,10,12-14,16-17H,6-9,11H2,1-4H3. The highest BCUT2D eigenvalue weighted by atomic mass is 16.3. The van der Waals surface area contributed by atoms with Gasteiger partial charge in [-0.1, -0.05) is 13.8 Å². The monoisotopic (exact) mass is 279 g/mol. The first kappa shape index (κ1) is 15.5. The van der Waals surface area contributed by atoms with Crippen LogP contribution in [0.25, 0.3) is 0 Å². The minimum atomic E-state index is 0.350. The summed E-state index contributed by atoms with van der Waals surface area (Å²) < 4.78 is 5.16. The van der Waals surface area contributed by atoms with Gasteiger partial charge in [-0.25, -0.2) is 0 Å². The smallest absolute Gasteiger partial charge is 0.0950 e. The van der Waals surface area contributed by atoms with Crippen LogP contribution in [0.2, 0.25) is 0 Å². The number of rotatable bonds is 6. The number of furan rings is 1. The summed E-state index contributed by atoms with van der Waals surface area (Å²) in [6.45, 7) is 12.6. The summed E-state index contributed by atoms with van der Waals surface area (Å²) in [5, 5.41) is 3.66. The number of piperazine rings is 1. The molecule has 2 unspecified atom stereocenters. The van der Waals surface area contributed by atoms with Gasteiger partial charge in [0.15, 0.2) is 0 Å². The van der Waals surface area contributed by atoms with E-state index in [1.165, 1.54) is 31.7 Å². The molecule has 1 aromatic rings. The van der Waals surface area contributed by atoms with Crippen LogP contribution in [0.4, 0.5) is 0 Å². The largest absolute Gasteiger partial charge is 0.472 e. The predicted molar refractivity (Wildman–Crippen MR) is 82.8 cm³/mol. The fourth-order valence-electron chi connectivity index (χ4n) is 2.88. The van der Waals surface area contributed by atoms with E-state index in [2.05, 4.69) is 42.9 Å². The molecule has 0 bridgehead atoms. The third-order valence-corrected chi connectivity index (χ3v) is 4.45. The van der Waals surface area contributed by atoms with Crippen LogP contribution in [-0.4, -0.2) is 55.6 Å². The van der Waals surface area contributed by atoms with Crippen LogP contribution in [0.3, 0.4) is 0 Å². The van der Waals surface area contributed by atoms with E-state index < -0.39 is 0 Å². The summed E-state index contributed by atoms with van der Waals surface area (Å²) >= 11 is 0. The summed E-state index contributed by atoms with van der Waals surface area (Å²) in [7, 11) is 2.21. The second-order valence-electron chi connectivity index (χ2n) is 6.34. The van der Waals surface area contributed by atoms with E-state index in [0.29, 0.717) is 18.0 Å². The van der Waals surface area contributed by atoms with Crippen LogP contribution >= 0.6 is 0 Å². The zero-order valence-electron chi connectivity index (χ0n) is 13.3.